The van der Waals surface area contributed by atoms with Gasteiger partial charge in [-0.15, -0.1) is 11.3 Å². The summed E-state index contributed by atoms with van der Waals surface area (Å²) < 4.78 is 5.06. The van der Waals surface area contributed by atoms with Crippen LogP contribution in [0.3, 0.4) is 0 Å². The largest absolute Gasteiger partial charge is 0.497 e. The third-order valence-electron chi connectivity index (χ3n) is 1.88. The van der Waals surface area contributed by atoms with Crippen molar-refractivity contribution in [3.63, 3.8) is 0 Å². The van der Waals surface area contributed by atoms with Gasteiger partial charge in [0.2, 0.25) is 0 Å². The Kier molecular flexibility index (Phi) is 3.14. The lowest BCUT2D eigenvalue weighted by Gasteiger charge is -2.03. The molecule has 0 aliphatic carbocycles. The molecule has 0 spiro atoms. The molecule has 0 bridgehead atoms. The molecular formula is C10H7Cl2NOS. The highest BCUT2D eigenvalue weighted by molar-refractivity contribution is 7.13. The van der Waals surface area contributed by atoms with Gasteiger partial charge in [-0.2, -0.15) is 0 Å². The number of methoxy groups -OCH3 is 1. The van der Waals surface area contributed by atoms with Crippen LogP contribution in [0.2, 0.25) is 10.2 Å². The molecule has 0 radical (unpaired) electrons. The molecule has 1 heterocycles. The van der Waals surface area contributed by atoms with Crippen LogP contribution in [0.1, 0.15) is 0 Å². The molecule has 0 N–H and O–H groups in total. The van der Waals surface area contributed by atoms with Crippen LogP contribution in [0, 0.1) is 0 Å². The standard InChI is InChI=1S/C10H7Cl2NOS/c1-14-6-2-3-7(8(11)4-6)10-13-9(12)5-15-10/h2-5H,1H3. The second kappa shape index (κ2) is 4.39. The second-order valence-corrected chi connectivity index (χ2v) is 4.47. The molecule has 1 aromatic heterocycles. The minimum atomic E-state index is 0.488. The number of nitrogens with zero attached hydrogens (tertiary/aromatic N) is 1. The van der Waals surface area contributed by atoms with Crippen LogP contribution < -0.4 is 4.74 Å². The maximum absolute atomic E-state index is 6.10. The van der Waals surface area contributed by atoms with Crippen LogP contribution in [-0.4, -0.2) is 12.1 Å². The van der Waals surface area contributed by atoms with Crippen LogP contribution in [0.25, 0.3) is 10.6 Å². The summed E-state index contributed by atoms with van der Waals surface area (Å²) in [7, 11) is 1.60. The number of hydrogen-bond donors (Lipinski definition) is 0. The van der Waals surface area contributed by atoms with Gasteiger partial charge in [-0.05, 0) is 18.2 Å². The van der Waals surface area contributed by atoms with Gasteiger partial charge in [0, 0.05) is 10.9 Å². The Balaban J connectivity index is 2.45. The first kappa shape index (κ1) is 10.7. The first-order valence-electron chi connectivity index (χ1n) is 4.15. The second-order valence-electron chi connectivity index (χ2n) is 2.82. The number of benzene rings is 1. The third kappa shape index (κ3) is 2.25. The maximum atomic E-state index is 6.10. The molecule has 2 rings (SSSR count). The van der Waals surface area contributed by atoms with Gasteiger partial charge >= 0.3 is 0 Å². The number of thiazole rings is 1. The Labute approximate surface area is 101 Å². The fourth-order valence-electron chi connectivity index (χ4n) is 1.17. The zero-order valence-electron chi connectivity index (χ0n) is 7.83. The van der Waals surface area contributed by atoms with Gasteiger partial charge in [0.1, 0.15) is 15.9 Å². The van der Waals surface area contributed by atoms with Gasteiger partial charge in [0.05, 0.1) is 12.1 Å². The molecular weight excluding hydrogens is 253 g/mol. The maximum Gasteiger partial charge on any atom is 0.140 e. The molecule has 78 valence electrons. The van der Waals surface area contributed by atoms with E-state index >= 15 is 0 Å². The Hall–Kier alpha value is -0.770. The molecule has 0 fully saturated rings. The van der Waals surface area contributed by atoms with E-state index in [9.17, 15) is 0 Å². The number of rotatable bonds is 2. The Morgan fingerprint density at radius 2 is 2.13 bits per heavy atom. The Bertz CT molecular complexity index is 484. The van der Waals surface area contributed by atoms with Gasteiger partial charge in [-0.25, -0.2) is 4.98 Å². The van der Waals surface area contributed by atoms with Gasteiger partial charge in [0.15, 0.2) is 0 Å². The van der Waals surface area contributed by atoms with Gasteiger partial charge < -0.3 is 4.74 Å². The Morgan fingerprint density at radius 1 is 1.33 bits per heavy atom. The SMILES string of the molecule is COc1ccc(-c2nc(Cl)cs2)c(Cl)c1. The topological polar surface area (TPSA) is 22.1 Å². The van der Waals surface area contributed by atoms with E-state index in [1.54, 1.807) is 18.6 Å². The predicted molar refractivity (Wildman–Crippen MR) is 64.1 cm³/mol. The van der Waals surface area contributed by atoms with Crippen molar-refractivity contribution in [2.24, 2.45) is 0 Å². The van der Waals surface area contributed by atoms with E-state index < -0.39 is 0 Å². The van der Waals surface area contributed by atoms with Gasteiger partial charge in [0.25, 0.3) is 0 Å². The number of halogens is 2. The fraction of sp³-hybridized carbons (Fsp3) is 0.100. The lowest BCUT2D eigenvalue weighted by atomic mass is 10.2. The van der Waals surface area contributed by atoms with Gasteiger partial charge in [-0.1, -0.05) is 23.2 Å². The van der Waals surface area contributed by atoms with E-state index in [0.717, 1.165) is 16.3 Å². The molecule has 0 atom stereocenters. The summed E-state index contributed by atoms with van der Waals surface area (Å²) in [4.78, 5) is 4.16. The van der Waals surface area contributed by atoms with Crippen LogP contribution in [0.15, 0.2) is 23.6 Å². The van der Waals surface area contributed by atoms with E-state index in [1.807, 2.05) is 12.1 Å². The molecule has 0 saturated carbocycles. The first-order valence-corrected chi connectivity index (χ1v) is 5.79. The smallest absolute Gasteiger partial charge is 0.140 e. The van der Waals surface area contributed by atoms with E-state index in [0.29, 0.717) is 10.2 Å². The number of aromatic nitrogens is 1. The van der Waals surface area contributed by atoms with E-state index in [-0.39, 0.29) is 0 Å². The quantitative estimate of drug-likeness (QED) is 0.810. The lowest BCUT2D eigenvalue weighted by Crippen LogP contribution is -1.84. The highest BCUT2D eigenvalue weighted by Crippen LogP contribution is 2.33. The first-order chi connectivity index (χ1) is 7.20. The molecule has 15 heavy (non-hydrogen) atoms. The highest BCUT2D eigenvalue weighted by Gasteiger charge is 2.08. The molecule has 0 unspecified atom stereocenters. The predicted octanol–water partition coefficient (Wildman–Crippen LogP) is 4.13. The van der Waals surface area contributed by atoms with Crippen molar-refractivity contribution in [3.05, 3.63) is 33.8 Å². The normalized spacial score (nSPS) is 10.3. The number of hydrogen-bond acceptors (Lipinski definition) is 3. The zero-order chi connectivity index (χ0) is 10.8. The molecule has 0 aliphatic heterocycles. The summed E-state index contributed by atoms with van der Waals surface area (Å²) in [6, 6.07) is 5.47. The number of ether oxygens (including phenoxy) is 1. The van der Waals surface area contributed by atoms with Crippen molar-refractivity contribution in [1.29, 1.82) is 0 Å². The molecule has 5 heteroatoms. The van der Waals surface area contributed by atoms with Crippen LogP contribution >= 0.6 is 34.5 Å². The average molecular weight is 260 g/mol. The highest BCUT2D eigenvalue weighted by atomic mass is 35.5. The summed E-state index contributed by atoms with van der Waals surface area (Å²) >= 11 is 13.3. The molecule has 1 aromatic carbocycles. The van der Waals surface area contributed by atoms with Crippen molar-refractivity contribution in [2.45, 2.75) is 0 Å². The van der Waals surface area contributed by atoms with E-state index in [4.69, 9.17) is 27.9 Å². The van der Waals surface area contributed by atoms with Crippen LogP contribution in [0.4, 0.5) is 0 Å². The van der Waals surface area contributed by atoms with Crippen LogP contribution in [-0.2, 0) is 0 Å². The van der Waals surface area contributed by atoms with Crippen molar-refractivity contribution < 1.29 is 4.74 Å². The lowest BCUT2D eigenvalue weighted by molar-refractivity contribution is 0.415. The summed E-state index contributed by atoms with van der Waals surface area (Å²) in [5, 5.41) is 3.69. The summed E-state index contributed by atoms with van der Waals surface area (Å²) in [6.07, 6.45) is 0. The van der Waals surface area contributed by atoms with Crippen molar-refractivity contribution in [1.82, 2.24) is 4.98 Å². The molecule has 2 aromatic rings. The van der Waals surface area contributed by atoms with Gasteiger partial charge in [-0.3, -0.25) is 0 Å². The summed E-state index contributed by atoms with van der Waals surface area (Å²) in [5.41, 5.74) is 0.870. The van der Waals surface area contributed by atoms with Crippen molar-refractivity contribution in [3.8, 4) is 16.3 Å². The molecule has 0 amide bonds. The monoisotopic (exact) mass is 259 g/mol. The average Bonchev–Trinajstić information content (AvgIpc) is 2.64. The Morgan fingerprint density at radius 3 is 2.67 bits per heavy atom. The summed E-state index contributed by atoms with van der Waals surface area (Å²) in [6.45, 7) is 0. The zero-order valence-corrected chi connectivity index (χ0v) is 10.2. The minimum Gasteiger partial charge on any atom is -0.497 e. The minimum absolute atomic E-state index is 0.488. The summed E-state index contributed by atoms with van der Waals surface area (Å²) in [5.74, 6) is 0.728. The van der Waals surface area contributed by atoms with Crippen LogP contribution in [0.5, 0.6) is 5.75 Å². The third-order valence-corrected chi connectivity index (χ3v) is 3.39. The molecule has 0 saturated heterocycles. The van der Waals surface area contributed by atoms with Crippen molar-refractivity contribution >= 4 is 34.5 Å². The van der Waals surface area contributed by atoms with Crippen molar-refractivity contribution in [2.75, 3.05) is 7.11 Å². The van der Waals surface area contributed by atoms with E-state index in [2.05, 4.69) is 4.98 Å². The fourth-order valence-corrected chi connectivity index (χ4v) is 2.48. The van der Waals surface area contributed by atoms with E-state index in [1.165, 1.54) is 11.3 Å². The molecule has 0 aliphatic rings. The molecule has 2 nitrogen and oxygen atoms in total.